The van der Waals surface area contributed by atoms with Crippen LogP contribution < -0.4 is 5.32 Å². The van der Waals surface area contributed by atoms with Crippen LogP contribution in [0.15, 0.2) is 52.0 Å². The lowest BCUT2D eigenvalue weighted by Gasteiger charge is -2.08. The van der Waals surface area contributed by atoms with Crippen LogP contribution in [-0.2, 0) is 6.42 Å². The van der Waals surface area contributed by atoms with Gasteiger partial charge in [-0.25, -0.2) is 9.98 Å². The number of carbonyl (C=O) groups excluding carboxylic acids is 1. The maximum atomic E-state index is 12.3. The molecule has 0 bridgehead atoms. The van der Waals surface area contributed by atoms with Gasteiger partial charge in [0.25, 0.3) is 5.91 Å². The summed E-state index contributed by atoms with van der Waals surface area (Å²) in [6.07, 6.45) is 2.47. The van der Waals surface area contributed by atoms with Gasteiger partial charge in [0.05, 0.1) is 5.71 Å². The molecule has 0 radical (unpaired) electrons. The fourth-order valence-corrected chi connectivity index (χ4v) is 3.16. The summed E-state index contributed by atoms with van der Waals surface area (Å²) in [6, 6.07) is 10.8. The average molecular weight is 366 g/mol. The molecule has 0 saturated carbocycles. The second kappa shape index (κ2) is 6.42. The molecule has 3 heterocycles. The molecule has 1 N–H and O–H groups in total. The second-order valence-corrected chi connectivity index (χ2v) is 6.70. The number of fused-ring (bicyclic) bond motifs is 1. The van der Waals surface area contributed by atoms with Gasteiger partial charge in [-0.1, -0.05) is 17.7 Å². The Bertz CT molecular complexity index is 1050. The minimum Gasteiger partial charge on any atom is -0.456 e. The number of aromatic nitrogens is 1. The van der Waals surface area contributed by atoms with E-state index in [0.29, 0.717) is 22.9 Å². The molecule has 1 amide bonds. The van der Waals surface area contributed by atoms with Crippen LogP contribution in [0.2, 0.25) is 5.02 Å². The summed E-state index contributed by atoms with van der Waals surface area (Å²) in [6.45, 7) is 3.80. The Kier molecular flexibility index (Phi) is 4.09. The van der Waals surface area contributed by atoms with Crippen molar-refractivity contribution in [2.75, 3.05) is 5.32 Å². The van der Waals surface area contributed by atoms with E-state index >= 15 is 0 Å². The number of rotatable bonds is 3. The Hall–Kier alpha value is -2.92. The molecule has 0 atom stereocenters. The Labute approximate surface area is 155 Å². The van der Waals surface area contributed by atoms with Gasteiger partial charge in [-0.2, -0.15) is 0 Å². The fraction of sp³-hybridized carbons (Fsp3) is 0.150. The SMILES string of the molecule is Cc1cnc2c(c1)CC(c1cc(NC(=O)c3ccc(C)o3)ccc1Cl)=N2. The number of anilines is 1. The van der Waals surface area contributed by atoms with Crippen LogP contribution >= 0.6 is 11.6 Å². The lowest BCUT2D eigenvalue weighted by Crippen LogP contribution is -2.12. The summed E-state index contributed by atoms with van der Waals surface area (Å²) < 4.78 is 5.35. The van der Waals surface area contributed by atoms with Crippen molar-refractivity contribution >= 4 is 34.7 Å². The first-order valence-electron chi connectivity index (χ1n) is 8.20. The highest BCUT2D eigenvalue weighted by Gasteiger charge is 2.20. The molecule has 1 aromatic carbocycles. The van der Waals surface area contributed by atoms with E-state index in [9.17, 15) is 4.79 Å². The van der Waals surface area contributed by atoms with Crippen LogP contribution in [0.4, 0.5) is 11.5 Å². The molecule has 4 rings (SSSR count). The van der Waals surface area contributed by atoms with Gasteiger partial charge in [0, 0.05) is 34.5 Å². The van der Waals surface area contributed by atoms with Crippen molar-refractivity contribution in [1.29, 1.82) is 0 Å². The predicted octanol–water partition coefficient (Wildman–Crippen LogP) is 4.87. The number of furan rings is 1. The van der Waals surface area contributed by atoms with Gasteiger partial charge in [0.2, 0.25) is 0 Å². The predicted molar refractivity (Wildman–Crippen MR) is 102 cm³/mol. The van der Waals surface area contributed by atoms with Gasteiger partial charge in [-0.3, -0.25) is 4.79 Å². The number of hydrogen-bond acceptors (Lipinski definition) is 4. The Balaban J connectivity index is 1.60. The van der Waals surface area contributed by atoms with Crippen LogP contribution in [-0.4, -0.2) is 16.6 Å². The lowest BCUT2D eigenvalue weighted by molar-refractivity contribution is 0.0995. The molecule has 1 aliphatic rings. The maximum absolute atomic E-state index is 12.3. The van der Waals surface area contributed by atoms with Crippen molar-refractivity contribution in [3.8, 4) is 0 Å². The van der Waals surface area contributed by atoms with Crippen LogP contribution in [0.1, 0.15) is 33.0 Å². The number of aliphatic imine (C=N–C) groups is 1. The number of halogens is 1. The van der Waals surface area contributed by atoms with Crippen LogP contribution in [0, 0.1) is 13.8 Å². The monoisotopic (exact) mass is 365 g/mol. The molecule has 130 valence electrons. The van der Waals surface area contributed by atoms with Crippen LogP contribution in [0.5, 0.6) is 0 Å². The van der Waals surface area contributed by atoms with Gasteiger partial charge in [0.1, 0.15) is 5.76 Å². The third kappa shape index (κ3) is 3.13. The van der Waals surface area contributed by atoms with Gasteiger partial charge in [0.15, 0.2) is 11.6 Å². The van der Waals surface area contributed by atoms with Crippen molar-refractivity contribution in [3.63, 3.8) is 0 Å². The van der Waals surface area contributed by atoms with E-state index < -0.39 is 0 Å². The zero-order valence-electron chi connectivity index (χ0n) is 14.3. The Morgan fingerprint density at radius 1 is 1.19 bits per heavy atom. The van der Waals surface area contributed by atoms with Gasteiger partial charge in [-0.05, 0) is 49.7 Å². The van der Waals surface area contributed by atoms with E-state index in [4.69, 9.17) is 16.0 Å². The highest BCUT2D eigenvalue weighted by molar-refractivity contribution is 6.34. The first-order chi connectivity index (χ1) is 12.5. The van der Waals surface area contributed by atoms with Crippen molar-refractivity contribution in [1.82, 2.24) is 4.98 Å². The molecule has 0 saturated heterocycles. The third-order valence-corrected chi connectivity index (χ3v) is 4.51. The Morgan fingerprint density at radius 3 is 2.81 bits per heavy atom. The summed E-state index contributed by atoms with van der Waals surface area (Å²) in [4.78, 5) is 21.2. The summed E-state index contributed by atoms with van der Waals surface area (Å²) in [5, 5.41) is 3.41. The molecule has 3 aromatic rings. The molecule has 0 spiro atoms. The summed E-state index contributed by atoms with van der Waals surface area (Å²) in [7, 11) is 0. The molecule has 2 aromatic heterocycles. The van der Waals surface area contributed by atoms with Gasteiger partial charge >= 0.3 is 0 Å². The van der Waals surface area contributed by atoms with E-state index in [1.54, 1.807) is 37.4 Å². The van der Waals surface area contributed by atoms with E-state index in [0.717, 1.165) is 28.2 Å². The number of nitrogens with one attached hydrogen (secondary N) is 1. The number of hydrogen-bond donors (Lipinski definition) is 1. The number of pyridine rings is 1. The fourth-order valence-electron chi connectivity index (χ4n) is 2.93. The minimum absolute atomic E-state index is 0.268. The summed E-state index contributed by atoms with van der Waals surface area (Å²) >= 11 is 6.37. The van der Waals surface area contributed by atoms with Crippen LogP contribution in [0.25, 0.3) is 0 Å². The third-order valence-electron chi connectivity index (χ3n) is 4.18. The van der Waals surface area contributed by atoms with Gasteiger partial charge < -0.3 is 9.73 Å². The number of amides is 1. The number of benzene rings is 1. The maximum Gasteiger partial charge on any atom is 0.291 e. The second-order valence-electron chi connectivity index (χ2n) is 6.29. The smallest absolute Gasteiger partial charge is 0.291 e. The molecular formula is C20H16ClN3O2. The van der Waals surface area contributed by atoms with Gasteiger partial charge in [-0.15, -0.1) is 0 Å². The summed E-state index contributed by atoms with van der Waals surface area (Å²) in [5.74, 6) is 1.37. The highest BCUT2D eigenvalue weighted by Crippen LogP contribution is 2.31. The van der Waals surface area contributed by atoms with E-state index in [1.807, 2.05) is 13.0 Å². The highest BCUT2D eigenvalue weighted by atomic mass is 35.5. The lowest BCUT2D eigenvalue weighted by atomic mass is 10.0. The average Bonchev–Trinajstić information content (AvgIpc) is 3.22. The van der Waals surface area contributed by atoms with Crippen molar-refractivity contribution < 1.29 is 9.21 Å². The quantitative estimate of drug-likeness (QED) is 0.719. The minimum atomic E-state index is -0.305. The number of aryl methyl sites for hydroxylation is 2. The van der Waals surface area contributed by atoms with Crippen molar-refractivity contribution in [2.45, 2.75) is 20.3 Å². The normalized spacial score (nSPS) is 12.7. The van der Waals surface area contributed by atoms with Crippen molar-refractivity contribution in [3.05, 3.63) is 75.8 Å². The molecule has 1 aliphatic heterocycles. The molecule has 26 heavy (non-hydrogen) atoms. The van der Waals surface area contributed by atoms with E-state index in [-0.39, 0.29) is 11.7 Å². The molecule has 0 unspecified atom stereocenters. The summed E-state index contributed by atoms with van der Waals surface area (Å²) in [5.41, 5.74) is 4.44. The first-order valence-corrected chi connectivity index (χ1v) is 8.58. The largest absolute Gasteiger partial charge is 0.456 e. The number of carbonyl (C=O) groups is 1. The molecular weight excluding hydrogens is 350 g/mol. The zero-order valence-corrected chi connectivity index (χ0v) is 15.1. The van der Waals surface area contributed by atoms with Crippen molar-refractivity contribution in [2.24, 2.45) is 4.99 Å². The zero-order chi connectivity index (χ0) is 18.3. The number of nitrogens with zero attached hydrogens (tertiary/aromatic N) is 2. The molecule has 5 nitrogen and oxygen atoms in total. The van der Waals surface area contributed by atoms with Crippen LogP contribution in [0.3, 0.4) is 0 Å². The standard InChI is InChI=1S/C20H16ClN3O2/c1-11-7-13-8-17(24-19(13)22-10-11)15-9-14(4-5-16(15)21)23-20(25)18-6-3-12(2)26-18/h3-7,9-10H,8H2,1-2H3,(H,23,25). The molecule has 0 fully saturated rings. The molecule has 6 heteroatoms. The first kappa shape index (κ1) is 16.5. The Morgan fingerprint density at radius 2 is 2.04 bits per heavy atom. The van der Waals surface area contributed by atoms with E-state index in [2.05, 4.69) is 21.4 Å². The molecule has 0 aliphatic carbocycles. The topological polar surface area (TPSA) is 67.5 Å². The van der Waals surface area contributed by atoms with E-state index in [1.165, 1.54) is 0 Å².